The van der Waals surface area contributed by atoms with Gasteiger partial charge in [0.15, 0.2) is 5.06 Å². The van der Waals surface area contributed by atoms with Crippen molar-refractivity contribution >= 4 is 17.4 Å². The van der Waals surface area contributed by atoms with E-state index in [1.807, 2.05) is 0 Å². The molecule has 0 fully saturated rings. The van der Waals surface area contributed by atoms with Gasteiger partial charge in [0.1, 0.15) is 0 Å². The average Bonchev–Trinajstić information content (AvgIpc) is 2.66. The van der Waals surface area contributed by atoms with E-state index in [-0.39, 0.29) is 13.2 Å². The van der Waals surface area contributed by atoms with Crippen molar-refractivity contribution in [3.63, 3.8) is 0 Å². The smallest absolute Gasteiger partial charge is 0.399 e. The lowest BCUT2D eigenvalue weighted by Crippen LogP contribution is -2.35. The molecule has 0 unspecified atom stereocenters. The second-order valence-corrected chi connectivity index (χ2v) is 3.45. The number of thiophene rings is 1. The lowest BCUT2D eigenvalue weighted by Gasteiger charge is -2.08. The number of ether oxygens (including phenoxy) is 1. The summed E-state index contributed by atoms with van der Waals surface area (Å²) in [6.07, 6.45) is -1.59. The predicted molar refractivity (Wildman–Crippen MR) is 51.4 cm³/mol. The highest BCUT2D eigenvalue weighted by Crippen LogP contribution is 2.17. The van der Waals surface area contributed by atoms with Gasteiger partial charge < -0.3 is 20.3 Å². The van der Waals surface area contributed by atoms with Crippen LogP contribution in [0.1, 0.15) is 0 Å². The SMILES string of the molecule is O=C(NC[C@H](O)CO)Oc1cccs1. The highest BCUT2D eigenvalue weighted by Gasteiger charge is 2.07. The molecule has 5 nitrogen and oxygen atoms in total. The van der Waals surface area contributed by atoms with Crippen LogP contribution in [0.2, 0.25) is 0 Å². The number of hydrogen-bond donors (Lipinski definition) is 3. The molecular formula is C8H11NO4S. The summed E-state index contributed by atoms with van der Waals surface area (Å²) < 4.78 is 4.82. The van der Waals surface area contributed by atoms with Gasteiger partial charge >= 0.3 is 6.09 Å². The van der Waals surface area contributed by atoms with E-state index in [0.29, 0.717) is 5.06 Å². The monoisotopic (exact) mass is 217 g/mol. The van der Waals surface area contributed by atoms with Gasteiger partial charge in [-0.15, -0.1) is 11.3 Å². The van der Waals surface area contributed by atoms with E-state index < -0.39 is 12.2 Å². The first-order valence-electron chi connectivity index (χ1n) is 4.00. The van der Waals surface area contributed by atoms with Crippen LogP contribution in [-0.4, -0.2) is 35.6 Å². The summed E-state index contributed by atoms with van der Waals surface area (Å²) in [4.78, 5) is 11.0. The van der Waals surface area contributed by atoms with Gasteiger partial charge in [0.05, 0.1) is 12.7 Å². The van der Waals surface area contributed by atoms with Crippen LogP contribution in [0.3, 0.4) is 0 Å². The zero-order chi connectivity index (χ0) is 10.4. The van der Waals surface area contributed by atoms with Crippen molar-refractivity contribution in [1.82, 2.24) is 5.32 Å². The van der Waals surface area contributed by atoms with Gasteiger partial charge in [0.2, 0.25) is 0 Å². The minimum Gasteiger partial charge on any atom is -0.399 e. The van der Waals surface area contributed by atoms with E-state index in [4.69, 9.17) is 14.9 Å². The van der Waals surface area contributed by atoms with Crippen molar-refractivity contribution in [1.29, 1.82) is 0 Å². The number of nitrogens with one attached hydrogen (secondary N) is 1. The fraction of sp³-hybridized carbons (Fsp3) is 0.375. The number of carbonyl (C=O) groups excluding carboxylic acids is 1. The van der Waals surface area contributed by atoms with Crippen LogP contribution in [0.25, 0.3) is 0 Å². The molecule has 0 aliphatic heterocycles. The van der Waals surface area contributed by atoms with Crippen LogP contribution in [0.5, 0.6) is 5.06 Å². The van der Waals surface area contributed by atoms with Crippen LogP contribution in [0.15, 0.2) is 17.5 Å². The minimum absolute atomic E-state index is 0.0271. The Bertz CT molecular complexity index is 275. The summed E-state index contributed by atoms with van der Waals surface area (Å²) in [6.45, 7) is -0.417. The molecule has 1 aromatic rings. The van der Waals surface area contributed by atoms with Gasteiger partial charge in [-0.2, -0.15) is 0 Å². The second-order valence-electron chi connectivity index (χ2n) is 2.54. The average molecular weight is 217 g/mol. The largest absolute Gasteiger partial charge is 0.413 e. The first kappa shape index (κ1) is 11.0. The molecule has 0 aliphatic rings. The summed E-state index contributed by atoms with van der Waals surface area (Å²) in [5, 5.41) is 22.0. The lowest BCUT2D eigenvalue weighted by molar-refractivity contribution is 0.0937. The van der Waals surface area contributed by atoms with Crippen molar-refractivity contribution in [2.75, 3.05) is 13.2 Å². The maximum absolute atomic E-state index is 11.0. The number of carbonyl (C=O) groups is 1. The fourth-order valence-electron chi connectivity index (χ4n) is 0.715. The fourth-order valence-corrected chi connectivity index (χ4v) is 1.29. The molecule has 0 radical (unpaired) electrons. The summed E-state index contributed by atoms with van der Waals surface area (Å²) >= 11 is 1.30. The first-order chi connectivity index (χ1) is 6.72. The van der Waals surface area contributed by atoms with E-state index in [1.165, 1.54) is 11.3 Å². The molecule has 3 N–H and O–H groups in total. The molecule has 1 atom stereocenters. The predicted octanol–water partition coefficient (Wildman–Crippen LogP) is 0.190. The number of hydrogen-bond acceptors (Lipinski definition) is 5. The third-order valence-corrected chi connectivity index (χ3v) is 2.13. The van der Waals surface area contributed by atoms with Gasteiger partial charge in [0.25, 0.3) is 0 Å². The normalized spacial score (nSPS) is 12.1. The standard InChI is InChI=1S/C8H11NO4S/c10-5-6(11)4-9-8(12)13-7-2-1-3-14-7/h1-3,6,10-11H,4-5H2,(H,9,12)/t6-/m0/s1. The topological polar surface area (TPSA) is 78.8 Å². The molecule has 0 aromatic carbocycles. The van der Waals surface area contributed by atoms with Crippen LogP contribution >= 0.6 is 11.3 Å². The molecule has 1 heterocycles. The molecular weight excluding hydrogens is 206 g/mol. The van der Waals surface area contributed by atoms with Crippen molar-refractivity contribution < 1.29 is 19.7 Å². The van der Waals surface area contributed by atoms with E-state index in [0.717, 1.165) is 0 Å². The van der Waals surface area contributed by atoms with Crippen molar-refractivity contribution in [3.05, 3.63) is 17.5 Å². The molecule has 0 spiro atoms. The molecule has 1 aromatic heterocycles. The number of rotatable bonds is 4. The van der Waals surface area contributed by atoms with Gasteiger partial charge in [-0.1, -0.05) is 0 Å². The molecule has 0 bridgehead atoms. The molecule has 1 amide bonds. The molecule has 0 saturated heterocycles. The van der Waals surface area contributed by atoms with Crippen LogP contribution < -0.4 is 10.1 Å². The molecule has 1 rings (SSSR count). The lowest BCUT2D eigenvalue weighted by atomic mass is 10.4. The van der Waals surface area contributed by atoms with Crippen molar-refractivity contribution in [3.8, 4) is 5.06 Å². The van der Waals surface area contributed by atoms with Crippen LogP contribution in [0.4, 0.5) is 4.79 Å². The molecule has 14 heavy (non-hydrogen) atoms. The Morgan fingerprint density at radius 3 is 3.07 bits per heavy atom. The van der Waals surface area contributed by atoms with E-state index in [2.05, 4.69) is 5.32 Å². The zero-order valence-electron chi connectivity index (χ0n) is 7.34. The van der Waals surface area contributed by atoms with Crippen molar-refractivity contribution in [2.45, 2.75) is 6.10 Å². The van der Waals surface area contributed by atoms with Gasteiger partial charge in [-0.3, -0.25) is 0 Å². The molecule has 78 valence electrons. The second kappa shape index (κ2) is 5.58. The first-order valence-corrected chi connectivity index (χ1v) is 4.88. The van der Waals surface area contributed by atoms with Crippen LogP contribution in [0, 0.1) is 0 Å². The Labute approximate surface area is 84.9 Å². The number of aliphatic hydroxyl groups is 2. The summed E-state index contributed by atoms with van der Waals surface area (Å²) in [7, 11) is 0. The van der Waals surface area contributed by atoms with E-state index in [9.17, 15) is 4.79 Å². The summed E-state index contributed by atoms with van der Waals surface area (Å²) in [5.74, 6) is 0. The highest BCUT2D eigenvalue weighted by molar-refractivity contribution is 7.11. The quantitative estimate of drug-likeness (QED) is 0.672. The Morgan fingerprint density at radius 1 is 1.71 bits per heavy atom. The Morgan fingerprint density at radius 2 is 2.50 bits per heavy atom. The Kier molecular flexibility index (Phi) is 4.37. The van der Waals surface area contributed by atoms with E-state index in [1.54, 1.807) is 17.5 Å². The summed E-state index contributed by atoms with van der Waals surface area (Å²) in [5.41, 5.74) is 0. The van der Waals surface area contributed by atoms with Gasteiger partial charge in [-0.05, 0) is 17.5 Å². The minimum atomic E-state index is -0.953. The van der Waals surface area contributed by atoms with Crippen LogP contribution in [-0.2, 0) is 0 Å². The third kappa shape index (κ3) is 3.73. The highest BCUT2D eigenvalue weighted by atomic mass is 32.1. The maximum atomic E-state index is 11.0. The third-order valence-electron chi connectivity index (χ3n) is 1.38. The molecule has 6 heteroatoms. The maximum Gasteiger partial charge on any atom is 0.413 e. The number of amides is 1. The summed E-state index contributed by atoms with van der Waals surface area (Å²) in [6, 6.07) is 3.42. The van der Waals surface area contributed by atoms with Crippen molar-refractivity contribution in [2.24, 2.45) is 0 Å². The Balaban J connectivity index is 2.23. The van der Waals surface area contributed by atoms with Gasteiger partial charge in [-0.25, -0.2) is 4.79 Å². The molecule has 0 aliphatic carbocycles. The zero-order valence-corrected chi connectivity index (χ0v) is 8.16. The van der Waals surface area contributed by atoms with E-state index >= 15 is 0 Å². The molecule has 0 saturated carbocycles. The van der Waals surface area contributed by atoms with Gasteiger partial charge in [0, 0.05) is 6.54 Å². The Hall–Kier alpha value is -1.11. The number of aliphatic hydroxyl groups excluding tert-OH is 2.